The number of aromatic nitrogens is 1. The average Bonchev–Trinajstić information content (AvgIpc) is 2.88. The molecule has 36 heavy (non-hydrogen) atoms. The van der Waals surface area contributed by atoms with Crippen molar-refractivity contribution in [3.05, 3.63) is 83.0 Å². The van der Waals surface area contributed by atoms with E-state index in [1.165, 1.54) is 6.20 Å². The van der Waals surface area contributed by atoms with Crippen molar-refractivity contribution in [1.29, 1.82) is 0 Å². The van der Waals surface area contributed by atoms with E-state index in [0.717, 1.165) is 19.4 Å². The Hall–Kier alpha value is -3.75. The van der Waals surface area contributed by atoms with Crippen LogP contribution in [0.25, 0.3) is 0 Å². The van der Waals surface area contributed by atoms with Gasteiger partial charge in [-0.2, -0.15) is 0 Å². The first kappa shape index (κ1) is 26.8. The van der Waals surface area contributed by atoms with Crippen molar-refractivity contribution in [2.45, 2.75) is 19.8 Å². The SMILES string of the molecule is CCCCN(C)CC(=O)N(C)c1ccc(C(=O)Nc2ccccc2C(=O)Nc2ccc(Cl)cn2)cc1. The summed E-state index contributed by atoms with van der Waals surface area (Å²) in [7, 11) is 3.65. The van der Waals surface area contributed by atoms with Gasteiger partial charge >= 0.3 is 0 Å². The summed E-state index contributed by atoms with van der Waals surface area (Å²) >= 11 is 5.84. The van der Waals surface area contributed by atoms with Gasteiger partial charge in [0, 0.05) is 24.5 Å². The quantitative estimate of drug-likeness (QED) is 0.405. The lowest BCUT2D eigenvalue weighted by molar-refractivity contribution is -0.119. The molecule has 0 fully saturated rings. The lowest BCUT2D eigenvalue weighted by Crippen LogP contribution is -2.37. The lowest BCUT2D eigenvalue weighted by atomic mass is 10.1. The number of unbranched alkanes of at least 4 members (excludes halogenated alkanes) is 1. The molecule has 3 rings (SSSR count). The molecule has 0 unspecified atom stereocenters. The van der Waals surface area contributed by atoms with Crippen LogP contribution in [0.1, 0.15) is 40.5 Å². The Morgan fingerprint density at radius 2 is 1.64 bits per heavy atom. The van der Waals surface area contributed by atoms with Gasteiger partial charge in [-0.25, -0.2) is 4.98 Å². The number of carbonyl (C=O) groups is 3. The second kappa shape index (κ2) is 12.8. The normalized spacial score (nSPS) is 10.7. The van der Waals surface area contributed by atoms with Crippen molar-refractivity contribution in [3.63, 3.8) is 0 Å². The van der Waals surface area contributed by atoms with Crippen LogP contribution in [0.3, 0.4) is 0 Å². The molecule has 8 nitrogen and oxygen atoms in total. The second-order valence-electron chi connectivity index (χ2n) is 8.41. The first-order chi connectivity index (χ1) is 17.3. The Balaban J connectivity index is 1.65. The van der Waals surface area contributed by atoms with Gasteiger partial charge in [0.1, 0.15) is 5.82 Å². The predicted octanol–water partition coefficient (Wildman–Crippen LogP) is 4.93. The maximum atomic E-state index is 12.9. The zero-order valence-corrected chi connectivity index (χ0v) is 21.4. The minimum absolute atomic E-state index is 0.0269. The second-order valence-corrected chi connectivity index (χ2v) is 8.84. The number of benzene rings is 2. The van der Waals surface area contributed by atoms with E-state index in [-0.39, 0.29) is 17.4 Å². The van der Waals surface area contributed by atoms with Gasteiger partial charge < -0.3 is 15.5 Å². The standard InChI is InChI=1S/C27H30ClN5O3/c1-4-5-16-32(2)18-25(34)33(3)21-13-10-19(11-14-21)26(35)30-23-9-7-6-8-22(23)27(36)31-24-15-12-20(28)17-29-24/h6-15,17H,4-5,16,18H2,1-3H3,(H,30,35)(H,29,31,36). The molecule has 3 amide bonds. The number of hydrogen-bond acceptors (Lipinski definition) is 5. The summed E-state index contributed by atoms with van der Waals surface area (Å²) in [6.07, 6.45) is 3.55. The summed E-state index contributed by atoms with van der Waals surface area (Å²) in [5.41, 5.74) is 1.74. The molecule has 0 saturated carbocycles. The number of para-hydroxylation sites is 1. The van der Waals surface area contributed by atoms with Gasteiger partial charge in [0.2, 0.25) is 5.91 Å². The van der Waals surface area contributed by atoms with Crippen molar-refractivity contribution in [2.75, 3.05) is 42.7 Å². The largest absolute Gasteiger partial charge is 0.321 e. The fraction of sp³-hybridized carbons (Fsp3) is 0.259. The molecule has 0 aliphatic heterocycles. The van der Waals surface area contributed by atoms with Gasteiger partial charge in [0.15, 0.2) is 0 Å². The van der Waals surface area contributed by atoms with Gasteiger partial charge in [-0.3, -0.25) is 19.3 Å². The molecule has 3 aromatic rings. The zero-order valence-electron chi connectivity index (χ0n) is 20.6. The fourth-order valence-corrected chi connectivity index (χ4v) is 3.55. The number of amides is 3. The first-order valence-electron chi connectivity index (χ1n) is 11.7. The molecule has 188 valence electrons. The zero-order chi connectivity index (χ0) is 26.1. The summed E-state index contributed by atoms with van der Waals surface area (Å²) < 4.78 is 0. The summed E-state index contributed by atoms with van der Waals surface area (Å²) in [6.45, 7) is 3.31. The van der Waals surface area contributed by atoms with E-state index in [9.17, 15) is 14.4 Å². The molecular weight excluding hydrogens is 478 g/mol. The monoisotopic (exact) mass is 507 g/mol. The average molecular weight is 508 g/mol. The topological polar surface area (TPSA) is 94.6 Å². The predicted molar refractivity (Wildman–Crippen MR) is 144 cm³/mol. The summed E-state index contributed by atoms with van der Waals surface area (Å²) in [5.74, 6) is -0.475. The van der Waals surface area contributed by atoms with Crippen LogP contribution in [0.5, 0.6) is 0 Å². The number of nitrogens with zero attached hydrogens (tertiary/aromatic N) is 3. The number of hydrogen-bond donors (Lipinski definition) is 2. The Kier molecular flexibility index (Phi) is 9.55. The third kappa shape index (κ3) is 7.37. The number of anilines is 3. The molecule has 1 aromatic heterocycles. The molecule has 0 atom stereocenters. The van der Waals surface area contributed by atoms with Crippen molar-refractivity contribution in [3.8, 4) is 0 Å². The van der Waals surface area contributed by atoms with Crippen molar-refractivity contribution in [2.24, 2.45) is 0 Å². The van der Waals surface area contributed by atoms with E-state index in [4.69, 9.17) is 11.6 Å². The number of pyridine rings is 1. The highest BCUT2D eigenvalue weighted by atomic mass is 35.5. The summed E-state index contributed by atoms with van der Waals surface area (Å²) in [5, 5.41) is 5.94. The molecule has 0 spiro atoms. The smallest absolute Gasteiger partial charge is 0.258 e. The lowest BCUT2D eigenvalue weighted by Gasteiger charge is -2.22. The van der Waals surface area contributed by atoms with Gasteiger partial charge in [-0.15, -0.1) is 0 Å². The minimum atomic E-state index is -0.417. The van der Waals surface area contributed by atoms with E-state index < -0.39 is 5.91 Å². The maximum Gasteiger partial charge on any atom is 0.258 e. The first-order valence-corrected chi connectivity index (χ1v) is 12.0. The van der Waals surface area contributed by atoms with E-state index in [1.807, 2.05) is 11.9 Å². The number of halogens is 1. The molecule has 0 aliphatic rings. The Morgan fingerprint density at radius 1 is 0.917 bits per heavy atom. The molecule has 0 radical (unpaired) electrons. The number of carbonyl (C=O) groups excluding carboxylic acids is 3. The van der Waals surface area contributed by atoms with Gasteiger partial charge in [-0.1, -0.05) is 37.1 Å². The highest BCUT2D eigenvalue weighted by molar-refractivity contribution is 6.30. The minimum Gasteiger partial charge on any atom is -0.321 e. The molecule has 9 heteroatoms. The Labute approximate surface area is 216 Å². The van der Waals surface area contributed by atoms with Crippen LogP contribution in [0, 0.1) is 0 Å². The van der Waals surface area contributed by atoms with Crippen LogP contribution in [0.2, 0.25) is 5.02 Å². The number of rotatable bonds is 10. The third-order valence-corrected chi connectivity index (χ3v) is 5.80. The molecular formula is C27H30ClN5O3. The van der Waals surface area contributed by atoms with Crippen LogP contribution in [-0.2, 0) is 4.79 Å². The maximum absolute atomic E-state index is 12.9. The number of nitrogens with one attached hydrogen (secondary N) is 2. The molecule has 0 bridgehead atoms. The summed E-state index contributed by atoms with van der Waals surface area (Å²) in [4.78, 5) is 45.9. The fourth-order valence-electron chi connectivity index (χ4n) is 3.44. The summed E-state index contributed by atoms with van der Waals surface area (Å²) in [6, 6.07) is 16.7. The van der Waals surface area contributed by atoms with Gasteiger partial charge in [0.25, 0.3) is 11.8 Å². The molecule has 1 heterocycles. The Morgan fingerprint density at radius 3 is 2.31 bits per heavy atom. The van der Waals surface area contributed by atoms with E-state index in [2.05, 4.69) is 22.5 Å². The van der Waals surface area contributed by atoms with Crippen LogP contribution in [0.4, 0.5) is 17.2 Å². The molecule has 2 aromatic carbocycles. The van der Waals surface area contributed by atoms with Crippen LogP contribution in [-0.4, -0.2) is 54.8 Å². The van der Waals surface area contributed by atoms with Crippen LogP contribution >= 0.6 is 11.6 Å². The van der Waals surface area contributed by atoms with E-state index in [0.29, 0.717) is 34.3 Å². The Bertz CT molecular complexity index is 1200. The van der Waals surface area contributed by atoms with Crippen molar-refractivity contribution < 1.29 is 14.4 Å². The number of likely N-dealkylation sites (N-methyl/N-ethyl adjacent to an activating group) is 2. The van der Waals surface area contributed by atoms with Gasteiger partial charge in [-0.05, 0) is 68.5 Å². The third-order valence-electron chi connectivity index (χ3n) is 5.58. The molecule has 0 aliphatic carbocycles. The van der Waals surface area contributed by atoms with Crippen molar-refractivity contribution >= 4 is 46.5 Å². The van der Waals surface area contributed by atoms with Crippen LogP contribution < -0.4 is 15.5 Å². The molecule has 2 N–H and O–H groups in total. The highest BCUT2D eigenvalue weighted by Gasteiger charge is 2.17. The van der Waals surface area contributed by atoms with E-state index >= 15 is 0 Å². The van der Waals surface area contributed by atoms with Gasteiger partial charge in [0.05, 0.1) is 22.8 Å². The highest BCUT2D eigenvalue weighted by Crippen LogP contribution is 2.20. The van der Waals surface area contributed by atoms with Crippen LogP contribution in [0.15, 0.2) is 66.9 Å². The van der Waals surface area contributed by atoms with Crippen molar-refractivity contribution in [1.82, 2.24) is 9.88 Å². The van der Waals surface area contributed by atoms with E-state index in [1.54, 1.807) is 72.6 Å². The molecule has 0 saturated heterocycles.